The average Bonchev–Trinajstić information content (AvgIpc) is 2.87. The Morgan fingerprint density at radius 3 is 3.05 bits per heavy atom. The second kappa shape index (κ2) is 6.17. The summed E-state index contributed by atoms with van der Waals surface area (Å²) in [6, 6.07) is 3.29. The highest BCUT2D eigenvalue weighted by molar-refractivity contribution is 8.01. The van der Waals surface area contributed by atoms with Gasteiger partial charge in [0.2, 0.25) is 0 Å². The van der Waals surface area contributed by atoms with Crippen LogP contribution in [-0.2, 0) is 0 Å². The van der Waals surface area contributed by atoms with E-state index in [9.17, 15) is 5.11 Å². The Morgan fingerprint density at radius 2 is 2.21 bits per heavy atom. The predicted octanol–water partition coefficient (Wildman–Crippen LogP) is 3.81. The Labute approximate surface area is 124 Å². The molecule has 0 amide bonds. The zero-order valence-corrected chi connectivity index (χ0v) is 13.1. The lowest BCUT2D eigenvalue weighted by molar-refractivity contribution is 0.144. The van der Waals surface area contributed by atoms with Crippen LogP contribution in [0.25, 0.3) is 0 Å². The predicted molar refractivity (Wildman–Crippen MR) is 83.0 cm³/mol. The molecule has 1 aliphatic heterocycles. The average molecular weight is 297 g/mol. The molecule has 3 unspecified atom stereocenters. The molecule has 1 aromatic rings. The third-order valence-corrected chi connectivity index (χ3v) is 6.81. The van der Waals surface area contributed by atoms with E-state index in [2.05, 4.69) is 23.7 Å². The van der Waals surface area contributed by atoms with E-state index < -0.39 is 0 Å². The number of rotatable bonds is 3. The van der Waals surface area contributed by atoms with Crippen LogP contribution in [0.3, 0.4) is 0 Å². The van der Waals surface area contributed by atoms with Gasteiger partial charge in [-0.05, 0) is 42.2 Å². The lowest BCUT2D eigenvalue weighted by Gasteiger charge is -2.36. The minimum Gasteiger partial charge on any atom is -0.396 e. The largest absolute Gasteiger partial charge is 0.396 e. The molecule has 2 nitrogen and oxygen atoms in total. The second-order valence-corrected chi connectivity index (χ2v) is 8.50. The second-order valence-electron chi connectivity index (χ2n) is 5.88. The van der Waals surface area contributed by atoms with Crippen LogP contribution in [0, 0.1) is 5.92 Å². The first-order valence-electron chi connectivity index (χ1n) is 7.39. The molecule has 2 N–H and O–H groups in total. The highest BCUT2D eigenvalue weighted by Crippen LogP contribution is 2.44. The van der Waals surface area contributed by atoms with Gasteiger partial charge in [0.1, 0.15) is 0 Å². The maximum absolute atomic E-state index is 9.56. The van der Waals surface area contributed by atoms with Crippen LogP contribution < -0.4 is 5.32 Å². The molecule has 4 heteroatoms. The molecular weight excluding hydrogens is 274 g/mol. The summed E-state index contributed by atoms with van der Waals surface area (Å²) in [6.45, 7) is 2.66. The minimum absolute atomic E-state index is 0.338. The number of hydrogen-bond donors (Lipinski definition) is 2. The van der Waals surface area contributed by atoms with Crippen molar-refractivity contribution in [2.24, 2.45) is 5.92 Å². The third-order valence-electron chi connectivity index (χ3n) is 4.47. The third kappa shape index (κ3) is 3.02. The summed E-state index contributed by atoms with van der Waals surface area (Å²) in [6.07, 6.45) is 6.21. The minimum atomic E-state index is 0.338. The van der Waals surface area contributed by atoms with Gasteiger partial charge in [-0.2, -0.15) is 0 Å². The van der Waals surface area contributed by atoms with E-state index in [-0.39, 0.29) is 0 Å². The zero-order valence-electron chi connectivity index (χ0n) is 11.5. The number of hydrogen-bond acceptors (Lipinski definition) is 4. The van der Waals surface area contributed by atoms with E-state index >= 15 is 0 Å². The summed E-state index contributed by atoms with van der Waals surface area (Å²) in [4.78, 5) is 0. The zero-order chi connectivity index (χ0) is 13.2. The number of fused-ring (bicyclic) bond motifs is 1. The number of nitrogens with one attached hydrogen (secondary N) is 1. The SMILES string of the molecule is C[C@H]1CC(NC2CCCCC2CO)c2ccsc2S1. The molecule has 1 saturated carbocycles. The quantitative estimate of drug-likeness (QED) is 0.889. The fraction of sp³-hybridized carbons (Fsp3) is 0.733. The Morgan fingerprint density at radius 1 is 1.37 bits per heavy atom. The highest BCUT2D eigenvalue weighted by atomic mass is 32.2. The van der Waals surface area contributed by atoms with E-state index in [0.717, 1.165) is 0 Å². The summed E-state index contributed by atoms with van der Waals surface area (Å²) in [7, 11) is 0. The van der Waals surface area contributed by atoms with Gasteiger partial charge < -0.3 is 10.4 Å². The maximum atomic E-state index is 9.56. The van der Waals surface area contributed by atoms with Gasteiger partial charge in [0.15, 0.2) is 0 Å². The van der Waals surface area contributed by atoms with Gasteiger partial charge in [-0.15, -0.1) is 23.1 Å². The normalized spacial score (nSPS) is 35.1. The van der Waals surface area contributed by atoms with Crippen molar-refractivity contribution < 1.29 is 5.11 Å². The van der Waals surface area contributed by atoms with Crippen LogP contribution in [0.15, 0.2) is 15.7 Å². The van der Waals surface area contributed by atoms with E-state index in [1.165, 1.54) is 41.9 Å². The van der Waals surface area contributed by atoms with Crippen molar-refractivity contribution in [3.8, 4) is 0 Å². The van der Waals surface area contributed by atoms with Gasteiger partial charge in [-0.25, -0.2) is 0 Å². The van der Waals surface area contributed by atoms with Gasteiger partial charge in [0, 0.05) is 23.9 Å². The Kier molecular flexibility index (Phi) is 4.52. The summed E-state index contributed by atoms with van der Waals surface area (Å²) in [5.41, 5.74) is 1.50. The van der Waals surface area contributed by atoms with Crippen LogP contribution in [0.5, 0.6) is 0 Å². The summed E-state index contributed by atoms with van der Waals surface area (Å²) in [5.74, 6) is 0.459. The Bertz CT molecular complexity index is 420. The topological polar surface area (TPSA) is 32.3 Å². The first-order chi connectivity index (χ1) is 9.28. The molecule has 0 bridgehead atoms. The first kappa shape index (κ1) is 13.9. The molecule has 1 aromatic heterocycles. The summed E-state index contributed by atoms with van der Waals surface area (Å²) < 4.78 is 1.49. The number of thiophene rings is 1. The van der Waals surface area contributed by atoms with Crippen molar-refractivity contribution in [2.75, 3.05) is 6.61 Å². The molecule has 2 heterocycles. The number of aliphatic hydroxyl groups excluding tert-OH is 1. The van der Waals surface area contributed by atoms with Crippen LogP contribution >= 0.6 is 23.1 Å². The van der Waals surface area contributed by atoms with Gasteiger partial charge in [-0.3, -0.25) is 0 Å². The van der Waals surface area contributed by atoms with Gasteiger partial charge in [-0.1, -0.05) is 19.8 Å². The van der Waals surface area contributed by atoms with Gasteiger partial charge >= 0.3 is 0 Å². The fourth-order valence-electron chi connectivity index (χ4n) is 3.41. The van der Waals surface area contributed by atoms with Crippen LogP contribution in [0.4, 0.5) is 0 Å². The molecule has 4 atom stereocenters. The molecule has 106 valence electrons. The first-order valence-corrected chi connectivity index (χ1v) is 9.15. The molecule has 1 fully saturated rings. The van der Waals surface area contributed by atoms with E-state index in [1.54, 1.807) is 0 Å². The molecule has 0 saturated heterocycles. The molecule has 0 aromatic carbocycles. The van der Waals surface area contributed by atoms with Crippen molar-refractivity contribution in [3.05, 3.63) is 17.0 Å². The van der Waals surface area contributed by atoms with Crippen molar-refractivity contribution in [2.45, 2.75) is 60.6 Å². The molecule has 3 rings (SSSR count). The van der Waals surface area contributed by atoms with E-state index in [1.807, 2.05) is 23.1 Å². The Hall–Kier alpha value is -0.0300. The van der Waals surface area contributed by atoms with Crippen LogP contribution in [0.1, 0.15) is 50.6 Å². The maximum Gasteiger partial charge on any atom is 0.0649 e. The number of thioether (sulfide) groups is 1. The van der Waals surface area contributed by atoms with Gasteiger partial charge in [0.05, 0.1) is 4.21 Å². The smallest absolute Gasteiger partial charge is 0.0649 e. The fourth-order valence-corrected chi connectivity index (χ4v) is 5.98. The molecule has 0 radical (unpaired) electrons. The van der Waals surface area contributed by atoms with E-state index in [0.29, 0.717) is 29.9 Å². The van der Waals surface area contributed by atoms with Gasteiger partial charge in [0.25, 0.3) is 0 Å². The Balaban J connectivity index is 1.72. The lowest BCUT2D eigenvalue weighted by Crippen LogP contribution is -2.43. The highest BCUT2D eigenvalue weighted by Gasteiger charge is 2.31. The van der Waals surface area contributed by atoms with Crippen molar-refractivity contribution in [1.29, 1.82) is 0 Å². The van der Waals surface area contributed by atoms with Crippen molar-refractivity contribution >= 4 is 23.1 Å². The molecule has 2 aliphatic rings. The van der Waals surface area contributed by atoms with E-state index in [4.69, 9.17) is 0 Å². The molecule has 0 spiro atoms. The molecular formula is C15H23NOS2. The summed E-state index contributed by atoms with van der Waals surface area (Å²) in [5, 5.41) is 16.3. The number of aliphatic hydroxyl groups is 1. The lowest BCUT2D eigenvalue weighted by atomic mass is 9.84. The monoisotopic (exact) mass is 297 g/mol. The van der Waals surface area contributed by atoms with Crippen LogP contribution in [-0.4, -0.2) is 23.0 Å². The van der Waals surface area contributed by atoms with Crippen molar-refractivity contribution in [1.82, 2.24) is 5.32 Å². The van der Waals surface area contributed by atoms with Crippen molar-refractivity contribution in [3.63, 3.8) is 0 Å². The molecule has 1 aliphatic carbocycles. The standard InChI is InChI=1S/C15H23NOS2/c1-10-8-14(12-6-7-18-15(12)19-10)16-13-5-3-2-4-11(13)9-17/h6-7,10-11,13-14,16-17H,2-5,8-9H2,1H3/t10-,11?,13?,14?/m0/s1. The summed E-state index contributed by atoms with van der Waals surface area (Å²) >= 11 is 3.90. The van der Waals surface area contributed by atoms with Crippen LogP contribution in [0.2, 0.25) is 0 Å². The molecule has 19 heavy (non-hydrogen) atoms.